The molecule has 5 heteroatoms. The van der Waals surface area contributed by atoms with E-state index in [0.717, 1.165) is 24.7 Å². The zero-order chi connectivity index (χ0) is 12.5. The van der Waals surface area contributed by atoms with Crippen LogP contribution in [0.3, 0.4) is 0 Å². The van der Waals surface area contributed by atoms with Crippen molar-refractivity contribution in [2.45, 2.75) is 6.92 Å². The number of methoxy groups -OCH3 is 1. The molecule has 0 saturated carbocycles. The van der Waals surface area contributed by atoms with Gasteiger partial charge in [0.2, 0.25) is 0 Å². The first-order valence-corrected chi connectivity index (χ1v) is 5.87. The fourth-order valence-corrected chi connectivity index (χ4v) is 1.54. The quantitative estimate of drug-likeness (QED) is 0.707. The van der Waals surface area contributed by atoms with Crippen LogP contribution in [-0.2, 0) is 4.74 Å². The highest BCUT2D eigenvalue weighted by Crippen LogP contribution is 2.13. The molecule has 0 aliphatic carbocycles. The molecule has 1 aromatic heterocycles. The van der Waals surface area contributed by atoms with Gasteiger partial charge in [-0.25, -0.2) is 4.98 Å². The molecule has 0 radical (unpaired) electrons. The second-order valence-electron chi connectivity index (χ2n) is 3.61. The molecular formula is C12H21N3O2. The average Bonchev–Trinajstić information content (AvgIpc) is 2.35. The van der Waals surface area contributed by atoms with Gasteiger partial charge < -0.3 is 20.1 Å². The molecule has 17 heavy (non-hydrogen) atoms. The topological polar surface area (TPSA) is 57.6 Å². The van der Waals surface area contributed by atoms with E-state index in [1.165, 1.54) is 0 Å². The van der Waals surface area contributed by atoms with Gasteiger partial charge in [0.05, 0.1) is 13.2 Å². The third-order valence-corrected chi connectivity index (χ3v) is 2.35. The molecule has 1 rings (SSSR count). The van der Waals surface area contributed by atoms with Crippen molar-refractivity contribution in [3.05, 3.63) is 18.2 Å². The minimum atomic E-state index is 0.108. The standard InChI is InChI=1S/C12H21N3O2/c1-3-13-11-5-4-6-12(14-11)15(7-9-16)8-10-17-2/h4-6,16H,3,7-10H2,1-2H3,(H,13,14). The van der Waals surface area contributed by atoms with Crippen LogP contribution in [-0.4, -0.2) is 50.0 Å². The van der Waals surface area contributed by atoms with E-state index in [-0.39, 0.29) is 6.61 Å². The molecule has 0 saturated heterocycles. The van der Waals surface area contributed by atoms with Crippen LogP contribution in [0.5, 0.6) is 0 Å². The summed E-state index contributed by atoms with van der Waals surface area (Å²) in [6, 6.07) is 5.82. The van der Waals surface area contributed by atoms with Gasteiger partial charge in [-0.05, 0) is 19.1 Å². The van der Waals surface area contributed by atoms with Crippen molar-refractivity contribution in [2.24, 2.45) is 0 Å². The van der Waals surface area contributed by atoms with Crippen LogP contribution in [0.25, 0.3) is 0 Å². The summed E-state index contributed by atoms with van der Waals surface area (Å²) in [6.07, 6.45) is 0. The van der Waals surface area contributed by atoms with Crippen molar-refractivity contribution in [3.8, 4) is 0 Å². The maximum absolute atomic E-state index is 9.04. The molecule has 0 fully saturated rings. The number of nitrogens with one attached hydrogen (secondary N) is 1. The molecule has 96 valence electrons. The van der Waals surface area contributed by atoms with Gasteiger partial charge in [-0.1, -0.05) is 6.07 Å². The van der Waals surface area contributed by atoms with E-state index in [0.29, 0.717) is 13.2 Å². The largest absolute Gasteiger partial charge is 0.395 e. The van der Waals surface area contributed by atoms with Crippen LogP contribution in [0.1, 0.15) is 6.92 Å². The van der Waals surface area contributed by atoms with Crippen LogP contribution in [0.15, 0.2) is 18.2 Å². The molecule has 0 amide bonds. The van der Waals surface area contributed by atoms with E-state index in [4.69, 9.17) is 9.84 Å². The van der Waals surface area contributed by atoms with Crippen molar-refractivity contribution in [1.29, 1.82) is 0 Å². The monoisotopic (exact) mass is 239 g/mol. The van der Waals surface area contributed by atoms with E-state index in [1.54, 1.807) is 7.11 Å². The first-order chi connectivity index (χ1) is 8.31. The molecule has 0 aliphatic rings. The lowest BCUT2D eigenvalue weighted by atomic mass is 10.4. The number of aromatic nitrogens is 1. The smallest absolute Gasteiger partial charge is 0.131 e. The minimum Gasteiger partial charge on any atom is -0.395 e. The third kappa shape index (κ3) is 4.58. The lowest BCUT2D eigenvalue weighted by Crippen LogP contribution is -2.31. The highest BCUT2D eigenvalue weighted by molar-refractivity contribution is 5.47. The van der Waals surface area contributed by atoms with Gasteiger partial charge in [-0.3, -0.25) is 0 Å². The van der Waals surface area contributed by atoms with E-state index in [2.05, 4.69) is 10.3 Å². The Labute approximate surface area is 102 Å². The van der Waals surface area contributed by atoms with Gasteiger partial charge in [-0.15, -0.1) is 0 Å². The molecule has 0 spiro atoms. The highest BCUT2D eigenvalue weighted by Gasteiger charge is 2.07. The van der Waals surface area contributed by atoms with Gasteiger partial charge >= 0.3 is 0 Å². The Morgan fingerprint density at radius 1 is 1.41 bits per heavy atom. The fourth-order valence-electron chi connectivity index (χ4n) is 1.54. The molecule has 0 aliphatic heterocycles. The number of aliphatic hydroxyl groups excluding tert-OH is 1. The predicted molar refractivity (Wildman–Crippen MR) is 69.6 cm³/mol. The summed E-state index contributed by atoms with van der Waals surface area (Å²) < 4.78 is 5.05. The third-order valence-electron chi connectivity index (χ3n) is 2.35. The van der Waals surface area contributed by atoms with Crippen molar-refractivity contribution in [2.75, 3.05) is 50.2 Å². The number of pyridine rings is 1. The van der Waals surface area contributed by atoms with Crippen molar-refractivity contribution < 1.29 is 9.84 Å². The summed E-state index contributed by atoms with van der Waals surface area (Å²) >= 11 is 0. The van der Waals surface area contributed by atoms with Gasteiger partial charge in [0, 0.05) is 26.7 Å². The second-order valence-corrected chi connectivity index (χ2v) is 3.61. The number of hydrogen-bond donors (Lipinski definition) is 2. The Morgan fingerprint density at radius 2 is 2.24 bits per heavy atom. The first-order valence-electron chi connectivity index (χ1n) is 5.87. The minimum absolute atomic E-state index is 0.108. The van der Waals surface area contributed by atoms with Gasteiger partial charge in [0.25, 0.3) is 0 Å². The number of nitrogens with zero attached hydrogens (tertiary/aromatic N) is 2. The van der Waals surface area contributed by atoms with Crippen molar-refractivity contribution >= 4 is 11.6 Å². The summed E-state index contributed by atoms with van der Waals surface area (Å²) in [5, 5.41) is 12.2. The Balaban J connectivity index is 2.73. The summed E-state index contributed by atoms with van der Waals surface area (Å²) in [6.45, 7) is 4.88. The van der Waals surface area contributed by atoms with Crippen LogP contribution in [0.4, 0.5) is 11.6 Å². The normalized spacial score (nSPS) is 10.3. The van der Waals surface area contributed by atoms with Gasteiger partial charge in [0.15, 0.2) is 0 Å². The summed E-state index contributed by atoms with van der Waals surface area (Å²) in [7, 11) is 1.67. The van der Waals surface area contributed by atoms with E-state index in [1.807, 2.05) is 30.0 Å². The zero-order valence-corrected chi connectivity index (χ0v) is 10.5. The van der Waals surface area contributed by atoms with E-state index >= 15 is 0 Å². The molecule has 0 aromatic carbocycles. The summed E-state index contributed by atoms with van der Waals surface area (Å²) in [4.78, 5) is 6.49. The lowest BCUT2D eigenvalue weighted by molar-refractivity contribution is 0.202. The molecule has 5 nitrogen and oxygen atoms in total. The molecule has 1 heterocycles. The number of rotatable bonds is 8. The summed E-state index contributed by atoms with van der Waals surface area (Å²) in [5.74, 6) is 1.71. The average molecular weight is 239 g/mol. The summed E-state index contributed by atoms with van der Waals surface area (Å²) in [5.41, 5.74) is 0. The lowest BCUT2D eigenvalue weighted by Gasteiger charge is -2.22. The van der Waals surface area contributed by atoms with E-state index < -0.39 is 0 Å². The van der Waals surface area contributed by atoms with Crippen LogP contribution in [0, 0.1) is 0 Å². The van der Waals surface area contributed by atoms with Gasteiger partial charge in [-0.2, -0.15) is 0 Å². The number of hydrogen-bond acceptors (Lipinski definition) is 5. The van der Waals surface area contributed by atoms with Crippen LogP contribution in [0.2, 0.25) is 0 Å². The fraction of sp³-hybridized carbons (Fsp3) is 0.583. The Morgan fingerprint density at radius 3 is 2.88 bits per heavy atom. The molecule has 2 N–H and O–H groups in total. The Kier molecular flexibility index (Phi) is 6.35. The number of anilines is 2. The molecular weight excluding hydrogens is 218 g/mol. The molecule has 1 aromatic rings. The zero-order valence-electron chi connectivity index (χ0n) is 10.5. The first kappa shape index (κ1) is 13.7. The SMILES string of the molecule is CCNc1cccc(N(CCO)CCOC)n1. The maximum atomic E-state index is 9.04. The second kappa shape index (κ2) is 7.86. The van der Waals surface area contributed by atoms with Crippen LogP contribution >= 0.6 is 0 Å². The van der Waals surface area contributed by atoms with Crippen LogP contribution < -0.4 is 10.2 Å². The highest BCUT2D eigenvalue weighted by atomic mass is 16.5. The maximum Gasteiger partial charge on any atom is 0.131 e. The van der Waals surface area contributed by atoms with Crippen molar-refractivity contribution in [3.63, 3.8) is 0 Å². The predicted octanol–water partition coefficient (Wildman–Crippen LogP) is 0.958. The van der Waals surface area contributed by atoms with Gasteiger partial charge in [0.1, 0.15) is 11.6 Å². The Hall–Kier alpha value is -1.33. The molecule has 0 bridgehead atoms. The Bertz CT molecular complexity index is 320. The number of ether oxygens (including phenoxy) is 1. The van der Waals surface area contributed by atoms with E-state index in [9.17, 15) is 0 Å². The molecule has 0 unspecified atom stereocenters. The molecule has 0 atom stereocenters. The number of aliphatic hydroxyl groups is 1. The van der Waals surface area contributed by atoms with Crippen molar-refractivity contribution in [1.82, 2.24) is 4.98 Å².